The number of Topliss-reactive ketones (excluding diaryl/α,β-unsaturated/α-hetero) is 1. The molecular formula is C24H24ClN3OS2. The van der Waals surface area contributed by atoms with Crippen LogP contribution in [0.25, 0.3) is 0 Å². The third-order valence-corrected chi connectivity index (χ3v) is 7.97. The molecule has 31 heavy (non-hydrogen) atoms. The summed E-state index contributed by atoms with van der Waals surface area (Å²) in [4.78, 5) is 17.6. The molecule has 160 valence electrons. The van der Waals surface area contributed by atoms with Gasteiger partial charge >= 0.3 is 0 Å². The normalized spacial score (nSPS) is 20.7. The Kier molecular flexibility index (Phi) is 5.95. The first-order chi connectivity index (χ1) is 14.8. The molecule has 1 aromatic heterocycles. The fourth-order valence-corrected chi connectivity index (χ4v) is 6.71. The van der Waals surface area contributed by atoms with Crippen LogP contribution in [-0.2, 0) is 4.79 Å². The first-order valence-corrected chi connectivity index (χ1v) is 12.4. The Labute approximate surface area is 196 Å². The van der Waals surface area contributed by atoms with E-state index in [1.807, 2.05) is 28.5 Å². The van der Waals surface area contributed by atoms with E-state index in [2.05, 4.69) is 32.9 Å². The summed E-state index contributed by atoms with van der Waals surface area (Å²) in [6.45, 7) is 6.30. The number of anilines is 1. The highest BCUT2D eigenvalue weighted by atomic mass is 35.5. The molecule has 2 aliphatic rings. The maximum atomic E-state index is 13.5. The number of hydrogen-bond donors (Lipinski definition) is 1. The molecule has 1 aliphatic carbocycles. The molecule has 0 amide bonds. The number of nitrogens with zero attached hydrogens (tertiary/aromatic N) is 2. The van der Waals surface area contributed by atoms with Crippen molar-refractivity contribution < 1.29 is 4.79 Å². The van der Waals surface area contributed by atoms with Crippen LogP contribution in [-0.4, -0.2) is 11.5 Å². The molecule has 2 N–H and O–H groups in total. The van der Waals surface area contributed by atoms with Crippen molar-refractivity contribution in [2.45, 2.75) is 44.4 Å². The molecule has 0 spiro atoms. The molecule has 2 aromatic rings. The molecule has 0 radical (unpaired) electrons. The van der Waals surface area contributed by atoms with E-state index < -0.39 is 5.92 Å². The average molecular weight is 470 g/mol. The number of benzene rings is 1. The van der Waals surface area contributed by atoms with E-state index in [1.165, 1.54) is 0 Å². The number of allylic oxidation sites excluding steroid dienone is 3. The van der Waals surface area contributed by atoms with Crippen LogP contribution in [0.1, 0.15) is 44.4 Å². The highest BCUT2D eigenvalue weighted by Crippen LogP contribution is 2.52. The lowest BCUT2D eigenvalue weighted by Gasteiger charge is -2.43. The number of nitriles is 1. The zero-order valence-corrected chi connectivity index (χ0v) is 20.1. The second-order valence-corrected chi connectivity index (χ2v) is 11.2. The van der Waals surface area contributed by atoms with E-state index in [-0.39, 0.29) is 11.2 Å². The maximum absolute atomic E-state index is 13.5. The van der Waals surface area contributed by atoms with Gasteiger partial charge in [-0.25, -0.2) is 0 Å². The SMILES string of the molecule is CCSc1ccsc1C1C(C#N)=C(N)N(c2cccc(Cl)c2)C2=C1C(=O)CC(C)(C)C2. The van der Waals surface area contributed by atoms with E-state index in [9.17, 15) is 10.1 Å². The van der Waals surface area contributed by atoms with Crippen LogP contribution in [0.5, 0.6) is 0 Å². The first kappa shape index (κ1) is 22.0. The van der Waals surface area contributed by atoms with Crippen LogP contribution in [0.4, 0.5) is 5.69 Å². The van der Waals surface area contributed by atoms with Crippen LogP contribution in [0, 0.1) is 16.7 Å². The fourth-order valence-electron chi connectivity index (χ4n) is 4.48. The Bertz CT molecular complexity index is 1160. The number of hydrogen-bond acceptors (Lipinski definition) is 6. The molecule has 1 unspecified atom stereocenters. The number of halogens is 1. The number of ketones is 1. The Morgan fingerprint density at radius 2 is 2.13 bits per heavy atom. The van der Waals surface area contributed by atoms with Gasteiger partial charge in [-0.2, -0.15) is 5.26 Å². The van der Waals surface area contributed by atoms with Gasteiger partial charge in [0, 0.05) is 38.2 Å². The van der Waals surface area contributed by atoms with Crippen molar-refractivity contribution in [1.29, 1.82) is 5.26 Å². The highest BCUT2D eigenvalue weighted by Gasteiger charge is 2.45. The Hall–Kier alpha value is -2.20. The van der Waals surface area contributed by atoms with Gasteiger partial charge in [0.15, 0.2) is 5.78 Å². The highest BCUT2D eigenvalue weighted by molar-refractivity contribution is 7.99. The molecule has 4 nitrogen and oxygen atoms in total. The van der Waals surface area contributed by atoms with Gasteiger partial charge in [0.25, 0.3) is 0 Å². The van der Waals surface area contributed by atoms with E-state index in [0.29, 0.717) is 34.8 Å². The smallest absolute Gasteiger partial charge is 0.162 e. The largest absolute Gasteiger partial charge is 0.384 e. The minimum atomic E-state index is -0.423. The maximum Gasteiger partial charge on any atom is 0.162 e. The van der Waals surface area contributed by atoms with E-state index >= 15 is 0 Å². The summed E-state index contributed by atoms with van der Waals surface area (Å²) in [5.41, 5.74) is 9.24. The second kappa shape index (κ2) is 8.38. The topological polar surface area (TPSA) is 70.1 Å². The number of thiophene rings is 1. The van der Waals surface area contributed by atoms with Crippen LogP contribution >= 0.6 is 34.7 Å². The van der Waals surface area contributed by atoms with Gasteiger partial charge in [-0.3, -0.25) is 9.69 Å². The summed E-state index contributed by atoms with van der Waals surface area (Å²) >= 11 is 9.59. The van der Waals surface area contributed by atoms with Crippen molar-refractivity contribution in [2.24, 2.45) is 11.1 Å². The van der Waals surface area contributed by atoms with Gasteiger partial charge in [-0.1, -0.05) is 38.4 Å². The molecule has 0 saturated carbocycles. The van der Waals surface area contributed by atoms with E-state index in [1.54, 1.807) is 29.2 Å². The standard InChI is InChI=1S/C24H24ClN3OS2/c1-4-30-19-8-9-31-22(19)20-16(13-26)23(27)28(15-7-5-6-14(25)10-15)17-11-24(2,3)12-18(29)21(17)20/h5-10,20H,4,11-12,27H2,1-3H3. The van der Waals surface area contributed by atoms with Crippen molar-refractivity contribution >= 4 is 46.2 Å². The third-order valence-electron chi connectivity index (χ3n) is 5.67. The number of carbonyl (C=O) groups is 1. The van der Waals surface area contributed by atoms with Crippen molar-refractivity contribution in [1.82, 2.24) is 0 Å². The summed E-state index contributed by atoms with van der Waals surface area (Å²) in [7, 11) is 0. The Balaban J connectivity index is 2.00. The van der Waals surface area contributed by atoms with Gasteiger partial charge in [0.05, 0.1) is 17.6 Å². The number of thioether (sulfide) groups is 1. The molecule has 7 heteroatoms. The molecule has 2 heterocycles. The minimum absolute atomic E-state index is 0.0874. The van der Waals surface area contributed by atoms with Crippen molar-refractivity contribution in [3.63, 3.8) is 0 Å². The zero-order chi connectivity index (χ0) is 22.3. The summed E-state index contributed by atoms with van der Waals surface area (Å²) in [6.07, 6.45) is 1.14. The van der Waals surface area contributed by atoms with Crippen LogP contribution in [0.3, 0.4) is 0 Å². The molecular weight excluding hydrogens is 446 g/mol. The molecule has 1 aromatic carbocycles. The van der Waals surface area contributed by atoms with Crippen molar-refractivity contribution in [3.8, 4) is 6.07 Å². The minimum Gasteiger partial charge on any atom is -0.384 e. The quantitative estimate of drug-likeness (QED) is 0.520. The Morgan fingerprint density at radius 1 is 1.35 bits per heavy atom. The van der Waals surface area contributed by atoms with E-state index in [0.717, 1.165) is 26.9 Å². The first-order valence-electron chi connectivity index (χ1n) is 10.2. The van der Waals surface area contributed by atoms with Gasteiger partial charge in [0.2, 0.25) is 0 Å². The van der Waals surface area contributed by atoms with Crippen molar-refractivity contribution in [3.05, 3.63) is 68.3 Å². The Morgan fingerprint density at radius 3 is 2.81 bits per heavy atom. The summed E-state index contributed by atoms with van der Waals surface area (Å²) < 4.78 is 0. The zero-order valence-electron chi connectivity index (χ0n) is 17.7. The van der Waals surface area contributed by atoms with Crippen LogP contribution in [0.2, 0.25) is 5.02 Å². The summed E-state index contributed by atoms with van der Waals surface area (Å²) in [6, 6.07) is 11.8. The van der Waals surface area contributed by atoms with E-state index in [4.69, 9.17) is 17.3 Å². The lowest BCUT2D eigenvalue weighted by atomic mass is 9.69. The van der Waals surface area contributed by atoms with Crippen LogP contribution in [0.15, 0.2) is 63.3 Å². The second-order valence-electron chi connectivity index (χ2n) is 8.54. The number of rotatable bonds is 4. The predicted octanol–water partition coefficient (Wildman–Crippen LogP) is 6.45. The molecule has 0 fully saturated rings. The predicted molar refractivity (Wildman–Crippen MR) is 129 cm³/mol. The molecule has 1 aliphatic heterocycles. The lowest BCUT2D eigenvalue weighted by molar-refractivity contribution is -0.118. The van der Waals surface area contributed by atoms with Crippen molar-refractivity contribution in [2.75, 3.05) is 10.7 Å². The molecule has 4 rings (SSSR count). The number of nitrogens with two attached hydrogens (primary N) is 1. The fraction of sp³-hybridized carbons (Fsp3) is 0.333. The van der Waals surface area contributed by atoms with Gasteiger partial charge in [-0.05, 0) is 47.2 Å². The third kappa shape index (κ3) is 3.91. The molecule has 0 bridgehead atoms. The van der Waals surface area contributed by atoms with Crippen LogP contribution < -0.4 is 10.6 Å². The average Bonchev–Trinajstić information content (AvgIpc) is 3.14. The molecule has 1 atom stereocenters. The summed E-state index contributed by atoms with van der Waals surface area (Å²) in [5.74, 6) is 0.955. The molecule has 0 saturated heterocycles. The van der Waals surface area contributed by atoms with Gasteiger partial charge in [0.1, 0.15) is 5.82 Å². The van der Waals surface area contributed by atoms with Gasteiger partial charge in [-0.15, -0.1) is 23.1 Å². The van der Waals surface area contributed by atoms with Gasteiger partial charge < -0.3 is 5.73 Å². The summed E-state index contributed by atoms with van der Waals surface area (Å²) in [5, 5.41) is 12.8. The number of carbonyl (C=O) groups excluding carboxylic acids is 1. The monoisotopic (exact) mass is 469 g/mol. The lowest BCUT2D eigenvalue weighted by Crippen LogP contribution is -2.42.